The van der Waals surface area contributed by atoms with Crippen molar-refractivity contribution in [3.63, 3.8) is 0 Å². The van der Waals surface area contributed by atoms with E-state index < -0.39 is 5.97 Å². The predicted molar refractivity (Wildman–Crippen MR) is 78.1 cm³/mol. The van der Waals surface area contributed by atoms with Crippen LogP contribution in [0, 0.1) is 0 Å². The van der Waals surface area contributed by atoms with Gasteiger partial charge in [-0.1, -0.05) is 29.8 Å². The number of rotatable bonds is 6. The van der Waals surface area contributed by atoms with Crippen LogP contribution in [0.2, 0.25) is 5.02 Å². The second-order valence-electron chi connectivity index (χ2n) is 4.37. The van der Waals surface area contributed by atoms with E-state index in [9.17, 15) is 4.79 Å². The molecule has 1 aromatic carbocycles. The van der Waals surface area contributed by atoms with Crippen LogP contribution in [0.1, 0.15) is 21.7 Å². The molecule has 0 aliphatic rings. The summed E-state index contributed by atoms with van der Waals surface area (Å²) in [6.45, 7) is 1.34. The predicted octanol–water partition coefficient (Wildman–Crippen LogP) is 2.77. The van der Waals surface area contributed by atoms with Crippen molar-refractivity contribution in [2.24, 2.45) is 0 Å². The standard InChI is InChI=1S/C15H15ClN2O2/c16-12-6-4-11(5-7-12)8-9-17-10-13-2-1-3-14(18-13)15(19)20/h1-7,17H,8-10H2,(H,19,20). The number of aromatic nitrogens is 1. The minimum absolute atomic E-state index is 0.0713. The number of nitrogens with one attached hydrogen (secondary N) is 1. The van der Waals surface area contributed by atoms with Crippen LogP contribution in [-0.2, 0) is 13.0 Å². The number of halogens is 1. The summed E-state index contributed by atoms with van der Waals surface area (Å²) in [5.41, 5.74) is 2.00. The van der Waals surface area contributed by atoms with Gasteiger partial charge in [0.05, 0.1) is 5.69 Å². The topological polar surface area (TPSA) is 62.2 Å². The van der Waals surface area contributed by atoms with Crippen molar-refractivity contribution in [2.75, 3.05) is 6.54 Å². The fraction of sp³-hybridized carbons (Fsp3) is 0.200. The molecule has 0 atom stereocenters. The van der Waals surface area contributed by atoms with Crippen molar-refractivity contribution in [1.29, 1.82) is 0 Å². The smallest absolute Gasteiger partial charge is 0.354 e. The van der Waals surface area contributed by atoms with Crippen molar-refractivity contribution < 1.29 is 9.90 Å². The number of carboxylic acid groups (broad SMARTS) is 1. The number of carbonyl (C=O) groups is 1. The van der Waals surface area contributed by atoms with Gasteiger partial charge in [0.25, 0.3) is 0 Å². The van der Waals surface area contributed by atoms with Crippen LogP contribution < -0.4 is 5.32 Å². The van der Waals surface area contributed by atoms with Gasteiger partial charge in [0.2, 0.25) is 0 Å². The Kier molecular flexibility index (Phi) is 5.09. The summed E-state index contributed by atoms with van der Waals surface area (Å²) in [6, 6.07) is 12.7. The van der Waals surface area contributed by atoms with Crippen molar-refractivity contribution in [3.05, 3.63) is 64.4 Å². The highest BCUT2D eigenvalue weighted by molar-refractivity contribution is 6.30. The lowest BCUT2D eigenvalue weighted by Gasteiger charge is -2.05. The molecule has 104 valence electrons. The van der Waals surface area contributed by atoms with Crippen LogP contribution in [0.15, 0.2) is 42.5 Å². The van der Waals surface area contributed by atoms with E-state index in [1.165, 1.54) is 11.6 Å². The Morgan fingerprint density at radius 2 is 1.95 bits per heavy atom. The molecular weight excluding hydrogens is 276 g/mol. The van der Waals surface area contributed by atoms with E-state index in [0.717, 1.165) is 23.7 Å². The Bertz CT molecular complexity index is 585. The molecule has 4 nitrogen and oxygen atoms in total. The molecule has 5 heteroatoms. The van der Waals surface area contributed by atoms with E-state index in [0.29, 0.717) is 6.54 Å². The van der Waals surface area contributed by atoms with Crippen molar-refractivity contribution >= 4 is 17.6 Å². The molecule has 1 aromatic heterocycles. The molecule has 0 unspecified atom stereocenters. The first-order valence-electron chi connectivity index (χ1n) is 6.29. The van der Waals surface area contributed by atoms with Gasteiger partial charge in [0.1, 0.15) is 5.69 Å². The summed E-state index contributed by atoms with van der Waals surface area (Å²) in [5, 5.41) is 12.8. The van der Waals surface area contributed by atoms with Crippen LogP contribution in [-0.4, -0.2) is 22.6 Å². The Hall–Kier alpha value is -1.91. The summed E-state index contributed by atoms with van der Waals surface area (Å²) >= 11 is 5.82. The first-order chi connectivity index (χ1) is 9.65. The Morgan fingerprint density at radius 3 is 2.65 bits per heavy atom. The molecule has 0 saturated carbocycles. The lowest BCUT2D eigenvalue weighted by molar-refractivity contribution is 0.0690. The number of hydrogen-bond acceptors (Lipinski definition) is 3. The van der Waals surface area contributed by atoms with Gasteiger partial charge in [-0.3, -0.25) is 0 Å². The van der Waals surface area contributed by atoms with Crippen LogP contribution in [0.4, 0.5) is 0 Å². The molecule has 0 radical (unpaired) electrons. The summed E-state index contributed by atoms with van der Waals surface area (Å²) in [7, 11) is 0. The molecule has 2 N–H and O–H groups in total. The third kappa shape index (κ3) is 4.33. The minimum atomic E-state index is -1.01. The molecule has 1 heterocycles. The molecule has 0 fully saturated rings. The second kappa shape index (κ2) is 7.03. The van der Waals surface area contributed by atoms with Crippen molar-refractivity contribution in [1.82, 2.24) is 10.3 Å². The first-order valence-corrected chi connectivity index (χ1v) is 6.67. The molecule has 0 saturated heterocycles. The van der Waals surface area contributed by atoms with Gasteiger partial charge in [-0.15, -0.1) is 0 Å². The number of pyridine rings is 1. The molecule has 0 spiro atoms. The molecule has 0 bridgehead atoms. The fourth-order valence-corrected chi connectivity index (χ4v) is 1.92. The summed E-state index contributed by atoms with van der Waals surface area (Å²) in [5.74, 6) is -1.01. The first kappa shape index (κ1) is 14.5. The highest BCUT2D eigenvalue weighted by Crippen LogP contribution is 2.09. The molecule has 2 aromatic rings. The van der Waals surface area contributed by atoms with Gasteiger partial charge in [-0.25, -0.2) is 9.78 Å². The minimum Gasteiger partial charge on any atom is -0.477 e. The van der Waals surface area contributed by atoms with Gasteiger partial charge in [-0.05, 0) is 42.8 Å². The number of nitrogens with zero attached hydrogens (tertiary/aromatic N) is 1. The summed E-state index contributed by atoms with van der Waals surface area (Å²) in [4.78, 5) is 14.9. The lowest BCUT2D eigenvalue weighted by Crippen LogP contribution is -2.18. The average molecular weight is 291 g/mol. The van der Waals surface area contributed by atoms with Crippen LogP contribution >= 0.6 is 11.6 Å². The number of benzene rings is 1. The van der Waals surface area contributed by atoms with Gasteiger partial charge >= 0.3 is 5.97 Å². The highest BCUT2D eigenvalue weighted by Gasteiger charge is 2.04. The van der Waals surface area contributed by atoms with E-state index in [-0.39, 0.29) is 5.69 Å². The molecule has 0 aliphatic carbocycles. The fourth-order valence-electron chi connectivity index (χ4n) is 1.80. The summed E-state index contributed by atoms with van der Waals surface area (Å²) < 4.78 is 0. The zero-order valence-corrected chi connectivity index (χ0v) is 11.6. The third-order valence-electron chi connectivity index (χ3n) is 2.84. The monoisotopic (exact) mass is 290 g/mol. The van der Waals surface area contributed by atoms with E-state index in [1.807, 2.05) is 30.3 Å². The van der Waals surface area contributed by atoms with Gasteiger partial charge in [0, 0.05) is 11.6 Å². The quantitative estimate of drug-likeness (QED) is 0.803. The maximum atomic E-state index is 10.8. The van der Waals surface area contributed by atoms with Crippen molar-refractivity contribution in [2.45, 2.75) is 13.0 Å². The normalized spacial score (nSPS) is 10.4. The third-order valence-corrected chi connectivity index (χ3v) is 3.09. The average Bonchev–Trinajstić information content (AvgIpc) is 2.46. The highest BCUT2D eigenvalue weighted by atomic mass is 35.5. The van der Waals surface area contributed by atoms with Gasteiger partial charge < -0.3 is 10.4 Å². The molecular formula is C15H15ClN2O2. The zero-order chi connectivity index (χ0) is 14.4. The van der Waals surface area contributed by atoms with Crippen LogP contribution in [0.3, 0.4) is 0 Å². The number of aromatic carboxylic acids is 1. The molecule has 0 aliphatic heterocycles. The largest absolute Gasteiger partial charge is 0.477 e. The van der Waals surface area contributed by atoms with Crippen LogP contribution in [0.5, 0.6) is 0 Å². The van der Waals surface area contributed by atoms with E-state index in [1.54, 1.807) is 6.07 Å². The maximum absolute atomic E-state index is 10.8. The number of carboxylic acids is 1. The Labute approximate surface area is 122 Å². The lowest BCUT2D eigenvalue weighted by atomic mass is 10.1. The van der Waals surface area contributed by atoms with Crippen LogP contribution in [0.25, 0.3) is 0 Å². The summed E-state index contributed by atoms with van der Waals surface area (Å²) in [6.07, 6.45) is 0.885. The van der Waals surface area contributed by atoms with E-state index in [4.69, 9.17) is 16.7 Å². The van der Waals surface area contributed by atoms with Crippen molar-refractivity contribution in [3.8, 4) is 0 Å². The van der Waals surface area contributed by atoms with Gasteiger partial charge in [0.15, 0.2) is 0 Å². The second-order valence-corrected chi connectivity index (χ2v) is 4.81. The number of hydrogen-bond donors (Lipinski definition) is 2. The zero-order valence-electron chi connectivity index (χ0n) is 10.8. The molecule has 0 amide bonds. The Morgan fingerprint density at radius 1 is 1.20 bits per heavy atom. The van der Waals surface area contributed by atoms with E-state index >= 15 is 0 Å². The molecule has 20 heavy (non-hydrogen) atoms. The van der Waals surface area contributed by atoms with E-state index in [2.05, 4.69) is 10.3 Å². The SMILES string of the molecule is O=C(O)c1cccc(CNCCc2ccc(Cl)cc2)n1. The van der Waals surface area contributed by atoms with Gasteiger partial charge in [-0.2, -0.15) is 0 Å². The maximum Gasteiger partial charge on any atom is 0.354 e. The molecule has 2 rings (SSSR count). The Balaban J connectivity index is 1.79.